The Morgan fingerprint density at radius 2 is 1.35 bits per heavy atom. The summed E-state index contributed by atoms with van der Waals surface area (Å²) < 4.78 is 5.59. The Kier molecular flexibility index (Phi) is 3.29. The lowest BCUT2D eigenvalue weighted by Crippen LogP contribution is -2.02. The van der Waals surface area contributed by atoms with Gasteiger partial charge in [-0.3, -0.25) is 0 Å². The normalized spacial score (nSPS) is 16.3. The van der Waals surface area contributed by atoms with Crippen LogP contribution < -0.4 is 0 Å². The summed E-state index contributed by atoms with van der Waals surface area (Å²) in [6.07, 6.45) is 0. The van der Waals surface area contributed by atoms with E-state index >= 15 is 0 Å². The van der Waals surface area contributed by atoms with Crippen LogP contribution in [-0.4, -0.2) is 5.97 Å². The Hall–Kier alpha value is -3.91. The molecule has 0 amide bonds. The van der Waals surface area contributed by atoms with Crippen LogP contribution in [0.3, 0.4) is 0 Å². The minimum absolute atomic E-state index is 0.127. The molecule has 0 radical (unpaired) electrons. The molecule has 5 aromatic carbocycles. The van der Waals surface area contributed by atoms with Crippen LogP contribution in [0.5, 0.6) is 0 Å². The molecule has 0 unspecified atom stereocenters. The Morgan fingerprint density at radius 1 is 0.645 bits per heavy atom. The highest BCUT2D eigenvalue weighted by Gasteiger charge is 2.39. The van der Waals surface area contributed by atoms with Gasteiger partial charge in [0.1, 0.15) is 6.61 Å². The minimum Gasteiger partial charge on any atom is -0.457 e. The number of carbonyl (C=O) groups excluding carboxylic acids is 1. The number of rotatable bonds is 1. The Balaban J connectivity index is 1.73. The van der Waals surface area contributed by atoms with Gasteiger partial charge in [-0.05, 0) is 49.4 Å². The molecule has 2 heteroatoms. The number of fused-ring (bicyclic) bond motifs is 10. The molecule has 0 aromatic heterocycles. The second-order valence-corrected chi connectivity index (χ2v) is 8.36. The smallest absolute Gasteiger partial charge is 0.339 e. The van der Waals surface area contributed by atoms with Gasteiger partial charge in [-0.2, -0.15) is 0 Å². The molecule has 0 saturated carbocycles. The lowest BCUT2D eigenvalue weighted by molar-refractivity contribution is 0.0536. The van der Waals surface area contributed by atoms with E-state index in [2.05, 4.69) is 84.9 Å². The van der Waals surface area contributed by atoms with Crippen LogP contribution in [0.4, 0.5) is 0 Å². The van der Waals surface area contributed by atoms with Gasteiger partial charge in [0.25, 0.3) is 0 Å². The quantitative estimate of drug-likeness (QED) is 0.284. The number of esters is 1. The minimum atomic E-state index is -0.209. The summed E-state index contributed by atoms with van der Waals surface area (Å²) in [5, 5.41) is 4.59. The van der Waals surface area contributed by atoms with Crippen molar-refractivity contribution in [3.63, 3.8) is 0 Å². The summed E-state index contributed by atoms with van der Waals surface area (Å²) in [5.74, 6) is -0.0827. The van der Waals surface area contributed by atoms with Crippen LogP contribution in [0.25, 0.3) is 32.7 Å². The van der Waals surface area contributed by atoms with E-state index in [9.17, 15) is 4.79 Å². The fourth-order valence-electron chi connectivity index (χ4n) is 5.65. The van der Waals surface area contributed by atoms with E-state index in [1.807, 2.05) is 6.07 Å². The third-order valence-electron chi connectivity index (χ3n) is 6.86. The second-order valence-electron chi connectivity index (χ2n) is 8.36. The van der Waals surface area contributed by atoms with Crippen LogP contribution in [0, 0.1) is 0 Å². The zero-order chi connectivity index (χ0) is 20.5. The summed E-state index contributed by atoms with van der Waals surface area (Å²) in [4.78, 5) is 12.8. The molecular weight excluding hydrogens is 380 g/mol. The molecule has 5 aromatic rings. The van der Waals surface area contributed by atoms with Gasteiger partial charge < -0.3 is 4.74 Å². The highest BCUT2D eigenvalue weighted by Crippen LogP contribution is 2.56. The van der Waals surface area contributed by atoms with Crippen molar-refractivity contribution >= 4 is 27.5 Å². The van der Waals surface area contributed by atoms with Gasteiger partial charge in [0.05, 0.1) is 5.56 Å². The Morgan fingerprint density at radius 3 is 2.19 bits per heavy atom. The number of hydrogen-bond donors (Lipinski definition) is 0. The number of cyclic esters (lactones) is 1. The molecule has 2 aliphatic rings. The largest absolute Gasteiger partial charge is 0.457 e. The summed E-state index contributed by atoms with van der Waals surface area (Å²) in [6, 6.07) is 32.0. The van der Waals surface area contributed by atoms with Crippen molar-refractivity contribution in [3.05, 3.63) is 119 Å². The van der Waals surface area contributed by atoms with E-state index in [0.717, 1.165) is 21.9 Å². The molecular formula is C29H18O2. The van der Waals surface area contributed by atoms with E-state index in [0.29, 0.717) is 6.61 Å². The molecule has 0 bridgehead atoms. The van der Waals surface area contributed by atoms with Crippen molar-refractivity contribution in [3.8, 4) is 11.1 Å². The zero-order valence-corrected chi connectivity index (χ0v) is 16.8. The predicted octanol–water partition coefficient (Wildman–Crippen LogP) is 6.82. The summed E-state index contributed by atoms with van der Waals surface area (Å²) in [5.41, 5.74) is 8.09. The van der Waals surface area contributed by atoms with Crippen LogP contribution >= 0.6 is 0 Å². The molecule has 2 nitrogen and oxygen atoms in total. The number of hydrogen-bond acceptors (Lipinski definition) is 2. The third kappa shape index (κ3) is 2.14. The van der Waals surface area contributed by atoms with E-state index < -0.39 is 0 Å². The molecule has 31 heavy (non-hydrogen) atoms. The first-order valence-corrected chi connectivity index (χ1v) is 10.6. The molecule has 0 saturated heterocycles. The number of ether oxygens (including phenoxy) is 1. The van der Waals surface area contributed by atoms with E-state index in [1.54, 1.807) is 0 Å². The average molecular weight is 398 g/mol. The van der Waals surface area contributed by atoms with Gasteiger partial charge in [0.15, 0.2) is 0 Å². The Labute approximate surface area is 179 Å². The molecule has 1 aliphatic carbocycles. The fourth-order valence-corrected chi connectivity index (χ4v) is 5.65. The third-order valence-corrected chi connectivity index (χ3v) is 6.86. The van der Waals surface area contributed by atoms with E-state index in [-0.39, 0.29) is 11.9 Å². The van der Waals surface area contributed by atoms with Crippen molar-refractivity contribution in [2.45, 2.75) is 12.5 Å². The van der Waals surface area contributed by atoms with E-state index in [4.69, 9.17) is 4.74 Å². The van der Waals surface area contributed by atoms with Gasteiger partial charge in [-0.1, -0.05) is 91.0 Å². The summed E-state index contributed by atoms with van der Waals surface area (Å²) in [6.45, 7) is 0.339. The van der Waals surface area contributed by atoms with Gasteiger partial charge in [-0.15, -0.1) is 0 Å². The second kappa shape index (κ2) is 6.05. The van der Waals surface area contributed by atoms with Crippen molar-refractivity contribution in [1.82, 2.24) is 0 Å². The monoisotopic (exact) mass is 398 g/mol. The van der Waals surface area contributed by atoms with Crippen LogP contribution in [-0.2, 0) is 11.3 Å². The standard InChI is InChI=1S/C29H18O2/c30-29-26-20-12-6-7-13-21(20)27-24(18-9-2-1-3-10-18)22-15-14-17-8-4-5-11-19(17)25(22)28(27)23(26)16-31-29/h1-15,24H,16H2/t24-/m1/s1. The molecule has 7 rings (SSSR count). The van der Waals surface area contributed by atoms with E-state index in [1.165, 1.54) is 38.6 Å². The molecule has 0 N–H and O–H groups in total. The summed E-state index contributed by atoms with van der Waals surface area (Å²) >= 11 is 0. The molecule has 0 fully saturated rings. The van der Waals surface area contributed by atoms with Crippen molar-refractivity contribution < 1.29 is 9.53 Å². The van der Waals surface area contributed by atoms with Crippen LogP contribution in [0.2, 0.25) is 0 Å². The van der Waals surface area contributed by atoms with Crippen molar-refractivity contribution in [1.29, 1.82) is 0 Å². The molecule has 0 spiro atoms. The van der Waals surface area contributed by atoms with Gasteiger partial charge >= 0.3 is 5.97 Å². The maximum atomic E-state index is 12.8. The van der Waals surface area contributed by atoms with Crippen LogP contribution in [0.1, 0.15) is 38.5 Å². The molecule has 1 heterocycles. The summed E-state index contributed by atoms with van der Waals surface area (Å²) in [7, 11) is 0. The van der Waals surface area contributed by atoms with Gasteiger partial charge in [0.2, 0.25) is 0 Å². The van der Waals surface area contributed by atoms with Crippen molar-refractivity contribution in [2.24, 2.45) is 0 Å². The lowest BCUT2D eigenvalue weighted by atomic mass is 9.84. The Bertz CT molecular complexity index is 1550. The molecule has 1 atom stereocenters. The SMILES string of the molecule is O=C1OCc2c3c(c4ccccc4c21)[C@H](c1ccccc1)c1ccc2ccccc2c1-3. The maximum Gasteiger partial charge on any atom is 0.339 e. The number of carbonyl (C=O) groups is 1. The first kappa shape index (κ1) is 16.8. The highest BCUT2D eigenvalue weighted by molar-refractivity contribution is 6.15. The molecule has 146 valence electrons. The maximum absolute atomic E-state index is 12.8. The first-order chi connectivity index (χ1) is 15.3. The van der Waals surface area contributed by atoms with Gasteiger partial charge in [0, 0.05) is 11.5 Å². The van der Waals surface area contributed by atoms with Crippen molar-refractivity contribution in [2.75, 3.05) is 0 Å². The number of benzene rings is 5. The topological polar surface area (TPSA) is 26.3 Å². The fraction of sp³-hybridized carbons (Fsp3) is 0.0690. The molecule has 1 aliphatic heterocycles. The average Bonchev–Trinajstić information content (AvgIpc) is 3.38. The zero-order valence-electron chi connectivity index (χ0n) is 16.8. The van der Waals surface area contributed by atoms with Crippen LogP contribution in [0.15, 0.2) is 91.0 Å². The van der Waals surface area contributed by atoms with Gasteiger partial charge in [-0.25, -0.2) is 4.79 Å². The highest BCUT2D eigenvalue weighted by atomic mass is 16.5. The lowest BCUT2D eigenvalue weighted by Gasteiger charge is -2.17. The first-order valence-electron chi connectivity index (χ1n) is 10.6. The predicted molar refractivity (Wildman–Crippen MR) is 123 cm³/mol.